The van der Waals surface area contributed by atoms with Crippen molar-refractivity contribution >= 4 is 91.6 Å². The van der Waals surface area contributed by atoms with Crippen molar-refractivity contribution in [2.24, 2.45) is 0 Å². The van der Waals surface area contributed by atoms with Crippen LogP contribution in [0.3, 0.4) is 0 Å². The van der Waals surface area contributed by atoms with E-state index in [2.05, 4.69) is 285 Å². The molecule has 75 heavy (non-hydrogen) atoms. The van der Waals surface area contributed by atoms with Crippen LogP contribution in [0.4, 0.5) is 68.5 Å². The van der Waals surface area contributed by atoms with Crippen molar-refractivity contribution in [3.8, 4) is 0 Å². The maximum Gasteiger partial charge on any atom is 0.256 e. The summed E-state index contributed by atoms with van der Waals surface area (Å²) < 4.78 is 0. The minimum Gasteiger partial charge on any atom is -0.310 e. The Kier molecular flexibility index (Phi) is 12.1. The number of benzene rings is 6. The van der Waals surface area contributed by atoms with Gasteiger partial charge in [-0.05, 0) is 133 Å². The highest BCUT2D eigenvalue weighted by atomic mass is 15.2. The molecule has 374 valence electrons. The molecule has 0 aliphatic carbocycles. The molecule has 0 saturated heterocycles. The van der Waals surface area contributed by atoms with Crippen LogP contribution in [-0.4, -0.2) is 21.7 Å². The van der Waals surface area contributed by atoms with E-state index in [0.717, 1.165) is 84.9 Å². The van der Waals surface area contributed by atoms with Crippen LogP contribution in [0.1, 0.15) is 105 Å². The lowest BCUT2D eigenvalue weighted by Gasteiger charge is -2.43. The van der Waals surface area contributed by atoms with Gasteiger partial charge in [0.15, 0.2) is 0 Å². The van der Waals surface area contributed by atoms with Crippen molar-refractivity contribution in [3.05, 3.63) is 217 Å². The Bertz CT molecular complexity index is 3160. The molecule has 9 aromatic rings. The molecule has 11 rings (SSSR count). The number of anilines is 12. The minimum atomic E-state index is -0.220. The summed E-state index contributed by atoms with van der Waals surface area (Å²) in [5.74, 6) is 1.63. The fourth-order valence-corrected chi connectivity index (χ4v) is 10.8. The van der Waals surface area contributed by atoms with E-state index in [1.54, 1.807) is 0 Å². The maximum atomic E-state index is 5.51. The molecule has 6 aromatic carbocycles. The third kappa shape index (κ3) is 9.15. The second-order valence-electron chi connectivity index (χ2n) is 24.4. The third-order valence-electron chi connectivity index (χ3n) is 15.1. The Morgan fingerprint density at radius 2 is 0.640 bits per heavy atom. The number of rotatable bonds is 8. The summed E-state index contributed by atoms with van der Waals surface area (Å²) in [6, 6.07) is 61.9. The lowest BCUT2D eigenvalue weighted by molar-refractivity contribution is 0.590. The number of hydrogen-bond acceptors (Lipinski definition) is 7. The number of aromatic nitrogens is 3. The first-order valence-electron chi connectivity index (χ1n) is 26.4. The van der Waals surface area contributed by atoms with Gasteiger partial charge in [0.2, 0.25) is 0 Å². The van der Waals surface area contributed by atoms with Gasteiger partial charge in [0.1, 0.15) is 11.6 Å². The summed E-state index contributed by atoms with van der Waals surface area (Å²) in [5.41, 5.74) is 18.8. The number of hydrogen-bond donors (Lipinski definition) is 0. The maximum absolute atomic E-state index is 5.51. The zero-order chi connectivity index (χ0) is 52.6. The zero-order valence-electron chi connectivity index (χ0n) is 45.7. The van der Waals surface area contributed by atoms with E-state index in [9.17, 15) is 0 Å². The molecule has 0 spiro atoms. The monoisotopic (exact) mass is 982 g/mol. The van der Waals surface area contributed by atoms with Gasteiger partial charge >= 0.3 is 0 Å². The molecule has 0 radical (unpaired) electrons. The molecule has 0 bridgehead atoms. The van der Waals surface area contributed by atoms with Crippen molar-refractivity contribution in [2.45, 2.75) is 105 Å². The number of para-hydroxylation sites is 2. The molecule has 0 N–H and O–H groups in total. The third-order valence-corrected chi connectivity index (χ3v) is 15.1. The molecular weight excluding hydrogens is 914 g/mol. The van der Waals surface area contributed by atoms with Crippen LogP contribution in [0.5, 0.6) is 0 Å². The average molecular weight is 982 g/mol. The van der Waals surface area contributed by atoms with Gasteiger partial charge in [-0.3, -0.25) is 14.8 Å². The Labute approximate surface area is 445 Å². The van der Waals surface area contributed by atoms with Gasteiger partial charge in [0.05, 0.1) is 23.8 Å². The SMILES string of the molecule is CC(C)(C)c1ccc(N(c2ccc(C(C)(C)C)cc2)c2cc3c(cn2)B2c4cnc(N(c5ccc(C(C)(C)C)cc5)c5ccc(C(C)(C)C)cc5)cc4N(c4ccccc4)c4cncc(c42)N3c2ccccc2)cc1. The first-order chi connectivity index (χ1) is 35.7. The second-order valence-corrected chi connectivity index (χ2v) is 24.4. The largest absolute Gasteiger partial charge is 0.310 e. The summed E-state index contributed by atoms with van der Waals surface area (Å²) in [4.78, 5) is 25.5. The zero-order valence-corrected chi connectivity index (χ0v) is 45.7. The molecule has 0 saturated carbocycles. The molecule has 2 aliphatic rings. The summed E-state index contributed by atoms with van der Waals surface area (Å²) in [5, 5.41) is 0. The molecule has 0 amide bonds. The minimum absolute atomic E-state index is 0.00788. The smallest absolute Gasteiger partial charge is 0.256 e. The molecule has 5 heterocycles. The van der Waals surface area contributed by atoms with Gasteiger partial charge in [-0.15, -0.1) is 0 Å². The fourth-order valence-electron chi connectivity index (χ4n) is 10.8. The van der Waals surface area contributed by atoms with Crippen molar-refractivity contribution < 1.29 is 0 Å². The van der Waals surface area contributed by atoms with E-state index in [0.29, 0.717) is 0 Å². The Balaban J connectivity index is 1.13. The fraction of sp³-hybridized carbons (Fsp3) is 0.239. The van der Waals surface area contributed by atoms with Gasteiger partial charge in [-0.25, -0.2) is 9.97 Å². The quantitative estimate of drug-likeness (QED) is 0.141. The molecule has 0 unspecified atom stereocenters. The van der Waals surface area contributed by atoms with E-state index in [1.807, 2.05) is 12.4 Å². The van der Waals surface area contributed by atoms with Crippen LogP contribution < -0.4 is 36.0 Å². The van der Waals surface area contributed by atoms with Crippen LogP contribution in [0.2, 0.25) is 0 Å². The van der Waals surface area contributed by atoms with Gasteiger partial charge in [-0.2, -0.15) is 0 Å². The molecule has 0 atom stereocenters. The Morgan fingerprint density at radius 1 is 0.347 bits per heavy atom. The Hall–Kier alpha value is -7.97. The van der Waals surface area contributed by atoms with Crippen LogP contribution >= 0.6 is 0 Å². The predicted octanol–water partition coefficient (Wildman–Crippen LogP) is 16.1. The van der Waals surface area contributed by atoms with E-state index in [1.165, 1.54) is 22.3 Å². The first kappa shape index (κ1) is 49.3. The van der Waals surface area contributed by atoms with E-state index < -0.39 is 0 Å². The second kappa shape index (κ2) is 18.5. The van der Waals surface area contributed by atoms with Gasteiger partial charge in [0.25, 0.3) is 6.71 Å². The summed E-state index contributed by atoms with van der Waals surface area (Å²) in [6.07, 6.45) is 8.31. The van der Waals surface area contributed by atoms with E-state index in [4.69, 9.17) is 15.0 Å². The van der Waals surface area contributed by atoms with Crippen molar-refractivity contribution in [3.63, 3.8) is 0 Å². The lowest BCUT2D eigenvalue weighted by Crippen LogP contribution is -2.61. The standard InChI is InChI=1S/C67H68BN7/c1-64(2,3)45-23-31-51(32-24-45)72(52-33-25-46(26-34-52)65(4,5)6)61-39-57-55(41-70-61)68-56-42-71-62(73(53-35-27-47(28-36-53)66(7,8)9)54-37-29-48(30-38-54)67(10,11)12)40-58(56)75(50-21-17-14-18-22-50)60-44-69-43-59(63(60)68)74(57)49-19-15-13-16-20-49/h13-44H,1-12H3. The van der Waals surface area contributed by atoms with Crippen LogP contribution in [0.15, 0.2) is 195 Å². The number of fused-ring (bicyclic) bond motifs is 4. The predicted molar refractivity (Wildman–Crippen MR) is 318 cm³/mol. The van der Waals surface area contributed by atoms with Gasteiger partial charge in [0, 0.05) is 70.0 Å². The number of nitrogens with zero attached hydrogens (tertiary/aromatic N) is 7. The van der Waals surface area contributed by atoms with Crippen LogP contribution in [0.25, 0.3) is 0 Å². The van der Waals surface area contributed by atoms with Crippen molar-refractivity contribution in [1.82, 2.24) is 15.0 Å². The molecule has 7 nitrogen and oxygen atoms in total. The first-order valence-corrected chi connectivity index (χ1v) is 26.4. The highest BCUT2D eigenvalue weighted by Crippen LogP contribution is 2.47. The highest BCUT2D eigenvalue weighted by Gasteiger charge is 2.45. The highest BCUT2D eigenvalue weighted by molar-refractivity contribution is 7.00. The Morgan fingerprint density at radius 3 is 0.920 bits per heavy atom. The van der Waals surface area contributed by atoms with Crippen LogP contribution in [0, 0.1) is 0 Å². The van der Waals surface area contributed by atoms with Gasteiger partial charge in [-0.1, -0.05) is 168 Å². The van der Waals surface area contributed by atoms with Crippen molar-refractivity contribution in [2.75, 3.05) is 19.6 Å². The normalized spacial score (nSPS) is 13.3. The topological polar surface area (TPSA) is 51.6 Å². The van der Waals surface area contributed by atoms with E-state index in [-0.39, 0.29) is 28.4 Å². The lowest BCUT2D eigenvalue weighted by atomic mass is 9.34. The van der Waals surface area contributed by atoms with Crippen molar-refractivity contribution in [1.29, 1.82) is 0 Å². The molecule has 3 aromatic heterocycles. The average Bonchev–Trinajstić information content (AvgIpc) is 3.39. The molecular formula is C67H68BN7. The number of pyridine rings is 3. The summed E-state index contributed by atoms with van der Waals surface area (Å²) in [6.45, 7) is 26.9. The summed E-state index contributed by atoms with van der Waals surface area (Å²) >= 11 is 0. The molecule has 2 aliphatic heterocycles. The van der Waals surface area contributed by atoms with Gasteiger partial charge < -0.3 is 9.80 Å². The molecule has 8 heteroatoms. The van der Waals surface area contributed by atoms with Crippen LogP contribution in [-0.2, 0) is 21.7 Å². The molecule has 0 fully saturated rings. The van der Waals surface area contributed by atoms with E-state index >= 15 is 0 Å². The summed E-state index contributed by atoms with van der Waals surface area (Å²) in [7, 11) is 0.